The van der Waals surface area contributed by atoms with Gasteiger partial charge in [0, 0.05) is 12.8 Å². The minimum atomic E-state index is -0.843. The van der Waals surface area contributed by atoms with E-state index in [0.717, 1.165) is 116 Å². The molecule has 0 fully saturated rings. The summed E-state index contributed by atoms with van der Waals surface area (Å²) < 4.78 is 10.6. The van der Waals surface area contributed by atoms with Gasteiger partial charge in [0.1, 0.15) is 6.61 Å². The van der Waals surface area contributed by atoms with Crippen LogP contribution in [0.2, 0.25) is 0 Å². The van der Waals surface area contributed by atoms with Gasteiger partial charge in [-0.1, -0.05) is 208 Å². The lowest BCUT2D eigenvalue weighted by Crippen LogP contribution is -2.28. The molecule has 5 nitrogen and oxygen atoms in total. The van der Waals surface area contributed by atoms with Gasteiger partial charge in [-0.25, -0.2) is 0 Å². The summed E-state index contributed by atoms with van der Waals surface area (Å²) in [6.45, 7) is 3.78. The summed E-state index contributed by atoms with van der Waals surface area (Å²) in [5, 5.41) is 9.60. The molecule has 0 saturated carbocycles. The second-order valence-electron chi connectivity index (χ2n) is 15.4. The van der Waals surface area contributed by atoms with Gasteiger partial charge in [0.2, 0.25) is 0 Å². The van der Waals surface area contributed by atoms with Crippen molar-refractivity contribution in [2.24, 2.45) is 0 Å². The summed E-state index contributed by atoms with van der Waals surface area (Å²) >= 11 is 0. The molecule has 0 radical (unpaired) electrons. The average molecular weight is 901 g/mol. The van der Waals surface area contributed by atoms with E-state index >= 15 is 0 Å². The van der Waals surface area contributed by atoms with Crippen LogP contribution in [0.25, 0.3) is 0 Å². The smallest absolute Gasteiger partial charge is 0.306 e. The molecule has 0 aliphatic rings. The van der Waals surface area contributed by atoms with Crippen molar-refractivity contribution in [2.75, 3.05) is 13.2 Å². The van der Waals surface area contributed by atoms with Crippen molar-refractivity contribution >= 4 is 11.9 Å². The molecule has 0 saturated heterocycles. The monoisotopic (exact) mass is 901 g/mol. The number of rotatable bonds is 42. The standard InChI is InChI=1S/C61H88O5/c1-3-5-7-9-11-13-15-17-19-21-23-24-25-26-27-28-29-30-31-32-33-34-35-36-38-40-42-44-46-48-50-52-54-56-61(64)66-59(57-62)58-65-60(63)55-53-51-49-47-45-43-41-39-37-22-20-18-16-14-12-10-8-6-4-2/h5-8,11-14,17-20,23-24,26-27,29-30,32-33,35-37,39-40,42-43,45-46,48-49,51,59,62H,3-4,9-10,15-16,21-22,25,28,31,34,38,41,44,47,50,52-58H2,1-2H3/b7-5-,8-6-,13-11-,14-12-,19-17-,20-18-,24-23-,27-26-,30-29-,33-32-,36-35-,39-37-,42-40-,45-43-,48-46-,51-49-. The molecule has 0 aromatic heterocycles. The zero-order chi connectivity index (χ0) is 47.7. The van der Waals surface area contributed by atoms with E-state index in [4.69, 9.17) is 9.47 Å². The number of hydrogen-bond acceptors (Lipinski definition) is 5. The first-order valence-corrected chi connectivity index (χ1v) is 25.0. The Morgan fingerprint density at radius 2 is 0.621 bits per heavy atom. The van der Waals surface area contributed by atoms with E-state index in [0.29, 0.717) is 12.8 Å². The summed E-state index contributed by atoms with van der Waals surface area (Å²) in [4.78, 5) is 24.4. The molecule has 0 bridgehead atoms. The van der Waals surface area contributed by atoms with Crippen LogP contribution in [-0.4, -0.2) is 36.4 Å². The van der Waals surface area contributed by atoms with Crippen LogP contribution in [0.3, 0.4) is 0 Å². The first-order valence-electron chi connectivity index (χ1n) is 25.0. The van der Waals surface area contributed by atoms with Crippen LogP contribution in [0.15, 0.2) is 194 Å². The van der Waals surface area contributed by atoms with Gasteiger partial charge in [0.25, 0.3) is 0 Å². The van der Waals surface area contributed by atoms with E-state index in [2.05, 4.69) is 196 Å². The fourth-order valence-corrected chi connectivity index (χ4v) is 5.72. The van der Waals surface area contributed by atoms with Crippen LogP contribution in [0.1, 0.15) is 155 Å². The maximum absolute atomic E-state index is 12.2. The highest BCUT2D eigenvalue weighted by molar-refractivity contribution is 5.70. The molecular weight excluding hydrogens is 813 g/mol. The molecule has 0 aromatic carbocycles. The predicted molar refractivity (Wildman–Crippen MR) is 287 cm³/mol. The summed E-state index contributed by atoms with van der Waals surface area (Å²) in [6.07, 6.45) is 88.1. The van der Waals surface area contributed by atoms with Crippen molar-refractivity contribution in [1.29, 1.82) is 0 Å². The molecule has 0 aliphatic carbocycles. The third kappa shape index (κ3) is 51.4. The van der Waals surface area contributed by atoms with E-state index in [-0.39, 0.29) is 38.0 Å². The van der Waals surface area contributed by atoms with Crippen molar-refractivity contribution in [3.63, 3.8) is 0 Å². The van der Waals surface area contributed by atoms with Gasteiger partial charge in [-0.3, -0.25) is 9.59 Å². The largest absolute Gasteiger partial charge is 0.462 e. The SMILES string of the molecule is CC/C=C\C/C=C\C/C=C\C/C=C\C/C=C\C/C=C\C/C=C\C/C=C\C/C=C\C/C=C\CCCCC(=O)OC(CO)COC(=O)CC/C=C\C/C=C\C/C=C\C/C=C\C/C=C\C/C=C\CC. The third-order valence-corrected chi connectivity index (χ3v) is 9.40. The zero-order valence-corrected chi connectivity index (χ0v) is 41.1. The summed E-state index contributed by atoms with van der Waals surface area (Å²) in [6, 6.07) is 0. The number of allylic oxidation sites excluding steroid dienone is 32. The van der Waals surface area contributed by atoms with Crippen LogP contribution < -0.4 is 0 Å². The van der Waals surface area contributed by atoms with Crippen LogP contribution in [-0.2, 0) is 19.1 Å². The number of unbranched alkanes of at least 4 members (excludes halogenated alkanes) is 2. The zero-order valence-electron chi connectivity index (χ0n) is 41.1. The Kier molecular flexibility index (Phi) is 49.8. The molecule has 1 N–H and O–H groups in total. The van der Waals surface area contributed by atoms with Gasteiger partial charge in [-0.15, -0.1) is 0 Å². The normalized spacial score (nSPS) is 13.9. The van der Waals surface area contributed by atoms with Crippen LogP contribution in [0.5, 0.6) is 0 Å². The molecular formula is C61H88O5. The number of esters is 2. The number of carbonyl (C=O) groups is 2. The van der Waals surface area contributed by atoms with E-state index in [1.807, 2.05) is 12.2 Å². The molecule has 0 spiro atoms. The van der Waals surface area contributed by atoms with Crippen molar-refractivity contribution in [1.82, 2.24) is 0 Å². The highest BCUT2D eigenvalue weighted by atomic mass is 16.6. The molecule has 0 aromatic rings. The molecule has 0 amide bonds. The van der Waals surface area contributed by atoms with Gasteiger partial charge >= 0.3 is 11.9 Å². The van der Waals surface area contributed by atoms with Gasteiger partial charge in [0.15, 0.2) is 6.10 Å². The molecule has 0 aliphatic heterocycles. The van der Waals surface area contributed by atoms with Crippen molar-refractivity contribution in [3.8, 4) is 0 Å². The molecule has 0 rings (SSSR count). The number of ether oxygens (including phenoxy) is 2. The lowest BCUT2D eigenvalue weighted by molar-refractivity contribution is -0.161. The number of hydrogen-bond donors (Lipinski definition) is 1. The van der Waals surface area contributed by atoms with Crippen LogP contribution in [0.4, 0.5) is 0 Å². The minimum absolute atomic E-state index is 0.139. The topological polar surface area (TPSA) is 72.8 Å². The Morgan fingerprint density at radius 1 is 0.348 bits per heavy atom. The Labute approximate surface area is 403 Å². The fraction of sp³-hybridized carbons (Fsp3) is 0.443. The van der Waals surface area contributed by atoms with E-state index in [1.165, 1.54) is 0 Å². The maximum Gasteiger partial charge on any atom is 0.306 e. The summed E-state index contributed by atoms with van der Waals surface area (Å²) in [5.74, 6) is -0.762. The van der Waals surface area contributed by atoms with E-state index < -0.39 is 6.10 Å². The highest BCUT2D eigenvalue weighted by Gasteiger charge is 2.15. The van der Waals surface area contributed by atoms with Crippen LogP contribution in [0, 0.1) is 0 Å². The Bertz CT molecular complexity index is 1630. The molecule has 362 valence electrons. The molecule has 1 atom stereocenters. The lowest BCUT2D eigenvalue weighted by atomic mass is 10.2. The second kappa shape index (κ2) is 54.1. The summed E-state index contributed by atoms with van der Waals surface area (Å²) in [5.41, 5.74) is 0. The molecule has 66 heavy (non-hydrogen) atoms. The van der Waals surface area contributed by atoms with Crippen molar-refractivity contribution < 1.29 is 24.2 Å². The van der Waals surface area contributed by atoms with Gasteiger partial charge in [-0.05, 0) is 128 Å². The van der Waals surface area contributed by atoms with Crippen molar-refractivity contribution in [2.45, 2.75) is 161 Å². The summed E-state index contributed by atoms with van der Waals surface area (Å²) in [7, 11) is 0. The Hall–Kier alpha value is -5.26. The third-order valence-electron chi connectivity index (χ3n) is 9.40. The van der Waals surface area contributed by atoms with Crippen LogP contribution >= 0.6 is 0 Å². The predicted octanol–water partition coefficient (Wildman–Crippen LogP) is 17.0. The molecule has 0 heterocycles. The Morgan fingerprint density at radius 3 is 0.909 bits per heavy atom. The lowest BCUT2D eigenvalue weighted by Gasteiger charge is -2.15. The van der Waals surface area contributed by atoms with Gasteiger partial charge in [0.05, 0.1) is 6.61 Å². The minimum Gasteiger partial charge on any atom is -0.462 e. The highest BCUT2D eigenvalue weighted by Crippen LogP contribution is 2.07. The van der Waals surface area contributed by atoms with Crippen molar-refractivity contribution in [3.05, 3.63) is 194 Å². The quantitative estimate of drug-likeness (QED) is 0.0375. The Balaban J connectivity index is 3.81. The molecule has 1 unspecified atom stereocenters. The number of aliphatic hydroxyl groups is 1. The maximum atomic E-state index is 12.2. The molecule has 5 heteroatoms. The van der Waals surface area contributed by atoms with E-state index in [1.54, 1.807) is 0 Å². The second-order valence-corrected chi connectivity index (χ2v) is 15.4. The first kappa shape index (κ1) is 60.7. The fourth-order valence-electron chi connectivity index (χ4n) is 5.72. The number of carbonyl (C=O) groups excluding carboxylic acids is 2. The van der Waals surface area contributed by atoms with E-state index in [9.17, 15) is 14.7 Å². The van der Waals surface area contributed by atoms with Gasteiger partial charge < -0.3 is 14.6 Å². The average Bonchev–Trinajstić information content (AvgIpc) is 3.32. The van der Waals surface area contributed by atoms with Gasteiger partial charge in [-0.2, -0.15) is 0 Å². The number of aliphatic hydroxyl groups excluding tert-OH is 1. The first-order chi connectivity index (χ1) is 32.6.